The second-order valence-corrected chi connectivity index (χ2v) is 7.00. The fraction of sp³-hybridized carbons (Fsp3) is 0.409. The molecule has 0 aliphatic carbocycles. The molecule has 0 radical (unpaired) electrons. The van der Waals surface area contributed by atoms with Crippen molar-refractivity contribution in [1.82, 2.24) is 9.88 Å². The van der Waals surface area contributed by atoms with E-state index in [1.165, 1.54) is 11.8 Å². The van der Waals surface area contributed by atoms with Crippen LogP contribution in [0, 0.1) is 0 Å². The van der Waals surface area contributed by atoms with Gasteiger partial charge in [-0.2, -0.15) is 0 Å². The lowest BCUT2D eigenvalue weighted by Gasteiger charge is -2.27. The van der Waals surface area contributed by atoms with Crippen LogP contribution in [-0.2, 0) is 27.2 Å². The van der Waals surface area contributed by atoms with Crippen molar-refractivity contribution in [2.75, 3.05) is 44.9 Å². The van der Waals surface area contributed by atoms with Gasteiger partial charge in [-0.25, -0.2) is 9.78 Å². The lowest BCUT2D eigenvalue weighted by molar-refractivity contribution is -0.133. The number of morpholine rings is 1. The summed E-state index contributed by atoms with van der Waals surface area (Å²) in [6.07, 6.45) is 2.46. The summed E-state index contributed by atoms with van der Waals surface area (Å²) in [5.74, 6) is -0.00867. The summed E-state index contributed by atoms with van der Waals surface area (Å²) in [6.45, 7) is 5.17. The first-order valence-electron chi connectivity index (χ1n) is 9.84. The number of likely N-dealkylation sites (N-methyl/N-ethyl adjacent to an activating group) is 1. The highest BCUT2D eigenvalue weighted by Gasteiger charge is 2.16. The van der Waals surface area contributed by atoms with Gasteiger partial charge in [0.05, 0.1) is 18.8 Å². The zero-order valence-corrected chi connectivity index (χ0v) is 17.0. The molecule has 1 aliphatic rings. The van der Waals surface area contributed by atoms with Crippen LogP contribution in [0.4, 0.5) is 5.82 Å². The molecular formula is C22H27N3O4. The third-order valence-corrected chi connectivity index (χ3v) is 4.92. The molecule has 1 amide bonds. The zero-order valence-electron chi connectivity index (χ0n) is 17.0. The smallest absolute Gasteiger partial charge is 0.340 e. The van der Waals surface area contributed by atoms with Gasteiger partial charge >= 0.3 is 5.97 Å². The van der Waals surface area contributed by atoms with E-state index in [1.54, 1.807) is 24.1 Å². The average molecular weight is 397 g/mol. The minimum absolute atomic E-state index is 0.254. The van der Waals surface area contributed by atoms with E-state index in [0.29, 0.717) is 25.3 Å². The lowest BCUT2D eigenvalue weighted by atomic mass is 10.1. The van der Waals surface area contributed by atoms with Crippen LogP contribution in [0.5, 0.6) is 0 Å². The van der Waals surface area contributed by atoms with E-state index in [0.717, 1.165) is 30.9 Å². The zero-order chi connectivity index (χ0) is 20.6. The standard InChI is InChI=1S/C22H27N3O4/c1-3-17-4-6-18(7-5-17)15-24(2)21(26)16-29-22(27)19-8-9-20(23-14-19)25-10-12-28-13-11-25/h4-9,14H,3,10-13,15-16H2,1-2H3. The maximum atomic E-state index is 12.3. The Bertz CT molecular complexity index is 815. The molecule has 3 rings (SSSR count). The van der Waals surface area contributed by atoms with E-state index in [1.807, 2.05) is 12.1 Å². The fourth-order valence-corrected chi connectivity index (χ4v) is 3.05. The molecule has 2 aromatic rings. The summed E-state index contributed by atoms with van der Waals surface area (Å²) in [5.41, 5.74) is 2.62. The lowest BCUT2D eigenvalue weighted by Crippen LogP contribution is -2.36. The summed E-state index contributed by atoms with van der Waals surface area (Å²) in [7, 11) is 1.70. The van der Waals surface area contributed by atoms with E-state index in [-0.39, 0.29) is 12.5 Å². The molecule has 0 atom stereocenters. The molecule has 1 aromatic heterocycles. The van der Waals surface area contributed by atoms with Gasteiger partial charge < -0.3 is 19.3 Å². The number of aryl methyl sites for hydroxylation is 1. The summed E-state index contributed by atoms with van der Waals surface area (Å²) in [5, 5.41) is 0. The van der Waals surface area contributed by atoms with Gasteiger partial charge in [0.2, 0.25) is 0 Å². The van der Waals surface area contributed by atoms with Gasteiger partial charge in [0.15, 0.2) is 6.61 Å². The minimum Gasteiger partial charge on any atom is -0.452 e. The Kier molecular flexibility index (Phi) is 7.19. The van der Waals surface area contributed by atoms with Crippen LogP contribution < -0.4 is 4.90 Å². The minimum atomic E-state index is -0.555. The number of hydrogen-bond acceptors (Lipinski definition) is 6. The predicted octanol–water partition coefficient (Wildman–Crippen LogP) is 2.30. The van der Waals surface area contributed by atoms with Crippen molar-refractivity contribution in [3.8, 4) is 0 Å². The maximum Gasteiger partial charge on any atom is 0.340 e. The number of benzene rings is 1. The first-order valence-corrected chi connectivity index (χ1v) is 9.84. The van der Waals surface area contributed by atoms with Crippen molar-refractivity contribution in [3.63, 3.8) is 0 Å². The van der Waals surface area contributed by atoms with Crippen LogP contribution >= 0.6 is 0 Å². The molecule has 2 heterocycles. The highest BCUT2D eigenvalue weighted by molar-refractivity contribution is 5.91. The van der Waals surface area contributed by atoms with Gasteiger partial charge in [0.1, 0.15) is 5.82 Å². The number of pyridine rings is 1. The molecule has 0 spiro atoms. The quantitative estimate of drug-likeness (QED) is 0.668. The summed E-state index contributed by atoms with van der Waals surface area (Å²) in [6, 6.07) is 11.6. The third kappa shape index (κ3) is 5.77. The van der Waals surface area contributed by atoms with Crippen molar-refractivity contribution in [2.45, 2.75) is 19.9 Å². The van der Waals surface area contributed by atoms with Gasteiger partial charge in [-0.1, -0.05) is 31.2 Å². The molecule has 7 heteroatoms. The molecule has 1 fully saturated rings. The van der Waals surface area contributed by atoms with Crippen LogP contribution in [0.1, 0.15) is 28.4 Å². The Hall–Kier alpha value is -2.93. The number of esters is 1. The number of carbonyl (C=O) groups excluding carboxylic acids is 2. The molecular weight excluding hydrogens is 370 g/mol. The predicted molar refractivity (Wildman–Crippen MR) is 110 cm³/mol. The molecule has 0 unspecified atom stereocenters. The van der Waals surface area contributed by atoms with Crippen LogP contribution in [0.2, 0.25) is 0 Å². The Labute approximate surface area is 171 Å². The summed E-state index contributed by atoms with van der Waals surface area (Å²) >= 11 is 0. The van der Waals surface area contributed by atoms with Crippen molar-refractivity contribution >= 4 is 17.7 Å². The number of rotatable bonds is 7. The molecule has 1 aliphatic heterocycles. The van der Waals surface area contributed by atoms with Gasteiger partial charge in [0.25, 0.3) is 5.91 Å². The molecule has 7 nitrogen and oxygen atoms in total. The van der Waals surface area contributed by atoms with Gasteiger partial charge in [-0.3, -0.25) is 4.79 Å². The number of amides is 1. The highest BCUT2D eigenvalue weighted by Crippen LogP contribution is 2.14. The van der Waals surface area contributed by atoms with E-state index in [2.05, 4.69) is 28.9 Å². The van der Waals surface area contributed by atoms with Crippen LogP contribution in [-0.4, -0.2) is 61.7 Å². The second kappa shape index (κ2) is 10.0. The number of nitrogens with zero attached hydrogens (tertiary/aromatic N) is 3. The Balaban J connectivity index is 1.47. The van der Waals surface area contributed by atoms with Crippen molar-refractivity contribution in [2.24, 2.45) is 0 Å². The Morgan fingerprint density at radius 2 is 1.79 bits per heavy atom. The monoisotopic (exact) mass is 397 g/mol. The highest BCUT2D eigenvalue weighted by atomic mass is 16.5. The van der Waals surface area contributed by atoms with E-state index >= 15 is 0 Å². The molecule has 0 saturated carbocycles. The van der Waals surface area contributed by atoms with Gasteiger partial charge in [0, 0.05) is 32.9 Å². The van der Waals surface area contributed by atoms with E-state index < -0.39 is 5.97 Å². The topological polar surface area (TPSA) is 72.0 Å². The van der Waals surface area contributed by atoms with Crippen molar-refractivity contribution in [1.29, 1.82) is 0 Å². The van der Waals surface area contributed by atoms with Gasteiger partial charge in [-0.15, -0.1) is 0 Å². The molecule has 0 N–H and O–H groups in total. The molecule has 154 valence electrons. The first-order chi connectivity index (χ1) is 14.1. The first kappa shape index (κ1) is 20.8. The average Bonchev–Trinajstić information content (AvgIpc) is 2.78. The summed E-state index contributed by atoms with van der Waals surface area (Å²) in [4.78, 5) is 32.5. The van der Waals surface area contributed by atoms with E-state index in [4.69, 9.17) is 9.47 Å². The van der Waals surface area contributed by atoms with Crippen molar-refractivity contribution in [3.05, 3.63) is 59.3 Å². The summed E-state index contributed by atoms with van der Waals surface area (Å²) < 4.78 is 10.5. The number of anilines is 1. The fourth-order valence-electron chi connectivity index (χ4n) is 3.05. The number of ether oxygens (including phenoxy) is 2. The number of carbonyl (C=O) groups is 2. The number of hydrogen-bond donors (Lipinski definition) is 0. The molecule has 1 aromatic carbocycles. The molecule has 1 saturated heterocycles. The SMILES string of the molecule is CCc1ccc(CN(C)C(=O)COC(=O)c2ccc(N3CCOCC3)nc2)cc1. The Morgan fingerprint density at radius 1 is 1.10 bits per heavy atom. The molecule has 0 bridgehead atoms. The second-order valence-electron chi connectivity index (χ2n) is 7.00. The van der Waals surface area contributed by atoms with Crippen LogP contribution in [0.15, 0.2) is 42.6 Å². The largest absolute Gasteiger partial charge is 0.452 e. The number of aromatic nitrogens is 1. The Morgan fingerprint density at radius 3 is 2.41 bits per heavy atom. The van der Waals surface area contributed by atoms with Gasteiger partial charge in [-0.05, 0) is 29.7 Å². The van der Waals surface area contributed by atoms with Crippen molar-refractivity contribution < 1.29 is 19.1 Å². The van der Waals surface area contributed by atoms with Crippen LogP contribution in [0.3, 0.4) is 0 Å². The van der Waals surface area contributed by atoms with Crippen LogP contribution in [0.25, 0.3) is 0 Å². The molecule has 29 heavy (non-hydrogen) atoms. The maximum absolute atomic E-state index is 12.3. The third-order valence-electron chi connectivity index (χ3n) is 4.92. The van der Waals surface area contributed by atoms with E-state index in [9.17, 15) is 9.59 Å². The normalized spacial score (nSPS) is 13.8.